The van der Waals surface area contributed by atoms with E-state index in [9.17, 15) is 14.4 Å². The Hall–Kier alpha value is -1.79. The van der Waals surface area contributed by atoms with Crippen LogP contribution in [0.25, 0.3) is 0 Å². The van der Waals surface area contributed by atoms with Crippen molar-refractivity contribution in [3.63, 3.8) is 0 Å². The SMILES string of the molecule is CCOC(=O)C(CC1CCN(C(=O)OC(C)(C)C)CC1)C(=O)OCC. The standard InChI is InChI=1S/C18H31NO6/c1-6-23-15(20)14(16(21)24-7-2)12-13-8-10-19(11-9-13)17(22)25-18(3,4)5/h13-14H,6-12H2,1-5H3. The van der Waals surface area contributed by atoms with Gasteiger partial charge in [-0.05, 0) is 59.8 Å². The first-order chi connectivity index (χ1) is 11.7. The first kappa shape index (κ1) is 21.3. The molecule has 0 aromatic heterocycles. The summed E-state index contributed by atoms with van der Waals surface area (Å²) in [4.78, 5) is 37.9. The van der Waals surface area contributed by atoms with Crippen LogP contribution in [0.1, 0.15) is 53.9 Å². The van der Waals surface area contributed by atoms with Gasteiger partial charge in [-0.2, -0.15) is 0 Å². The van der Waals surface area contributed by atoms with Crippen LogP contribution in [0, 0.1) is 11.8 Å². The molecule has 1 aliphatic rings. The largest absolute Gasteiger partial charge is 0.465 e. The van der Waals surface area contributed by atoms with Crippen LogP contribution in [0.4, 0.5) is 4.79 Å². The van der Waals surface area contributed by atoms with E-state index in [1.165, 1.54) is 0 Å². The average Bonchev–Trinajstić information content (AvgIpc) is 2.51. The number of carbonyl (C=O) groups excluding carboxylic acids is 3. The van der Waals surface area contributed by atoms with Gasteiger partial charge in [-0.1, -0.05) is 0 Å². The third kappa shape index (κ3) is 7.32. The van der Waals surface area contributed by atoms with Gasteiger partial charge in [0.2, 0.25) is 0 Å². The zero-order chi connectivity index (χ0) is 19.0. The maximum absolute atomic E-state index is 12.1. The highest BCUT2D eigenvalue weighted by molar-refractivity contribution is 5.94. The van der Waals surface area contributed by atoms with E-state index in [1.807, 2.05) is 20.8 Å². The second kappa shape index (κ2) is 9.63. The molecule has 0 N–H and O–H groups in total. The molecule has 0 spiro atoms. The smallest absolute Gasteiger partial charge is 0.410 e. The van der Waals surface area contributed by atoms with Crippen LogP contribution in [-0.2, 0) is 23.8 Å². The molecule has 1 aliphatic heterocycles. The number of carbonyl (C=O) groups is 3. The second-order valence-corrected chi connectivity index (χ2v) is 7.20. The number of rotatable bonds is 6. The normalized spacial score (nSPS) is 15.8. The molecule has 25 heavy (non-hydrogen) atoms. The molecule has 0 bridgehead atoms. The number of hydrogen-bond acceptors (Lipinski definition) is 6. The number of nitrogens with zero attached hydrogens (tertiary/aromatic N) is 1. The Bertz CT molecular complexity index is 445. The van der Waals surface area contributed by atoms with Crippen molar-refractivity contribution in [1.29, 1.82) is 0 Å². The average molecular weight is 357 g/mol. The summed E-state index contributed by atoms with van der Waals surface area (Å²) in [6.45, 7) is 10.5. The monoisotopic (exact) mass is 357 g/mol. The Morgan fingerprint density at radius 1 is 1.00 bits per heavy atom. The number of piperidine rings is 1. The highest BCUT2D eigenvalue weighted by atomic mass is 16.6. The van der Waals surface area contributed by atoms with Crippen molar-refractivity contribution in [1.82, 2.24) is 4.90 Å². The number of amides is 1. The lowest BCUT2D eigenvalue weighted by Crippen LogP contribution is -2.42. The van der Waals surface area contributed by atoms with Crippen molar-refractivity contribution in [2.75, 3.05) is 26.3 Å². The third-order valence-electron chi connectivity index (χ3n) is 3.98. The summed E-state index contributed by atoms with van der Waals surface area (Å²) in [7, 11) is 0. The van der Waals surface area contributed by atoms with Crippen molar-refractivity contribution < 1.29 is 28.6 Å². The van der Waals surface area contributed by atoms with Crippen LogP contribution < -0.4 is 0 Å². The van der Waals surface area contributed by atoms with Gasteiger partial charge >= 0.3 is 18.0 Å². The van der Waals surface area contributed by atoms with Crippen LogP contribution in [0.2, 0.25) is 0 Å². The first-order valence-corrected chi connectivity index (χ1v) is 8.99. The van der Waals surface area contributed by atoms with E-state index in [-0.39, 0.29) is 25.2 Å². The lowest BCUT2D eigenvalue weighted by Gasteiger charge is -2.34. The van der Waals surface area contributed by atoms with Crippen LogP contribution >= 0.6 is 0 Å². The van der Waals surface area contributed by atoms with Gasteiger partial charge in [-0.25, -0.2) is 4.79 Å². The minimum absolute atomic E-state index is 0.164. The molecule has 0 aromatic carbocycles. The zero-order valence-electron chi connectivity index (χ0n) is 16.0. The topological polar surface area (TPSA) is 82.1 Å². The molecular formula is C18H31NO6. The lowest BCUT2D eigenvalue weighted by atomic mass is 9.87. The van der Waals surface area contributed by atoms with E-state index in [1.54, 1.807) is 18.7 Å². The van der Waals surface area contributed by atoms with E-state index >= 15 is 0 Å². The van der Waals surface area contributed by atoms with Gasteiger partial charge < -0.3 is 19.1 Å². The summed E-state index contributed by atoms with van der Waals surface area (Å²) < 4.78 is 15.4. The minimum atomic E-state index is -0.891. The Morgan fingerprint density at radius 2 is 1.48 bits per heavy atom. The molecule has 0 unspecified atom stereocenters. The summed E-state index contributed by atoms with van der Waals surface area (Å²) in [6.07, 6.45) is 1.50. The maximum atomic E-state index is 12.1. The predicted molar refractivity (Wildman–Crippen MR) is 91.9 cm³/mol. The zero-order valence-corrected chi connectivity index (χ0v) is 16.0. The van der Waals surface area contributed by atoms with Gasteiger partial charge in [-0.15, -0.1) is 0 Å². The van der Waals surface area contributed by atoms with Crippen molar-refractivity contribution in [2.45, 2.75) is 59.5 Å². The fraction of sp³-hybridized carbons (Fsp3) is 0.833. The van der Waals surface area contributed by atoms with Gasteiger partial charge in [0.1, 0.15) is 5.60 Å². The van der Waals surface area contributed by atoms with E-state index in [4.69, 9.17) is 14.2 Å². The fourth-order valence-corrected chi connectivity index (χ4v) is 2.79. The molecule has 1 saturated heterocycles. The van der Waals surface area contributed by atoms with E-state index in [0.29, 0.717) is 32.4 Å². The van der Waals surface area contributed by atoms with Crippen LogP contribution in [0.15, 0.2) is 0 Å². The van der Waals surface area contributed by atoms with Crippen LogP contribution in [-0.4, -0.2) is 54.8 Å². The molecule has 0 atom stereocenters. The Kier molecular flexibility index (Phi) is 8.19. The second-order valence-electron chi connectivity index (χ2n) is 7.20. The quantitative estimate of drug-likeness (QED) is 0.413. The molecule has 0 aromatic rings. The van der Waals surface area contributed by atoms with Crippen molar-refractivity contribution in [3.05, 3.63) is 0 Å². The predicted octanol–water partition coefficient (Wildman–Crippen LogP) is 2.77. The summed E-state index contributed by atoms with van der Waals surface area (Å²) >= 11 is 0. The Labute approximate surface area is 150 Å². The van der Waals surface area contributed by atoms with Crippen molar-refractivity contribution in [3.8, 4) is 0 Å². The Balaban J connectivity index is 2.57. The van der Waals surface area contributed by atoms with Gasteiger partial charge in [0, 0.05) is 13.1 Å². The molecule has 1 amide bonds. The van der Waals surface area contributed by atoms with Crippen LogP contribution in [0.5, 0.6) is 0 Å². The molecule has 1 fully saturated rings. The highest BCUT2D eigenvalue weighted by Crippen LogP contribution is 2.26. The first-order valence-electron chi connectivity index (χ1n) is 8.99. The number of likely N-dealkylation sites (tertiary alicyclic amines) is 1. The molecule has 144 valence electrons. The lowest BCUT2D eigenvalue weighted by molar-refractivity contribution is -0.162. The molecule has 1 rings (SSSR count). The third-order valence-corrected chi connectivity index (χ3v) is 3.98. The molecule has 0 radical (unpaired) electrons. The summed E-state index contributed by atoms with van der Waals surface area (Å²) in [5.74, 6) is -1.79. The number of ether oxygens (including phenoxy) is 3. The molecule has 7 heteroatoms. The van der Waals surface area contributed by atoms with E-state index < -0.39 is 23.5 Å². The maximum Gasteiger partial charge on any atom is 0.410 e. The van der Waals surface area contributed by atoms with Crippen molar-refractivity contribution in [2.24, 2.45) is 11.8 Å². The number of esters is 2. The fourth-order valence-electron chi connectivity index (χ4n) is 2.79. The van der Waals surface area contributed by atoms with Crippen LogP contribution in [0.3, 0.4) is 0 Å². The molecular weight excluding hydrogens is 326 g/mol. The summed E-state index contributed by atoms with van der Waals surface area (Å²) in [6, 6.07) is 0. The summed E-state index contributed by atoms with van der Waals surface area (Å²) in [5, 5.41) is 0. The number of hydrogen-bond donors (Lipinski definition) is 0. The molecule has 1 heterocycles. The van der Waals surface area contributed by atoms with Gasteiger partial charge in [0.15, 0.2) is 5.92 Å². The molecule has 0 saturated carbocycles. The minimum Gasteiger partial charge on any atom is -0.465 e. The van der Waals surface area contributed by atoms with Crippen molar-refractivity contribution >= 4 is 18.0 Å². The van der Waals surface area contributed by atoms with E-state index in [0.717, 1.165) is 0 Å². The highest BCUT2D eigenvalue weighted by Gasteiger charge is 2.34. The van der Waals surface area contributed by atoms with Gasteiger partial charge in [-0.3, -0.25) is 9.59 Å². The van der Waals surface area contributed by atoms with Gasteiger partial charge in [0.25, 0.3) is 0 Å². The van der Waals surface area contributed by atoms with E-state index in [2.05, 4.69) is 0 Å². The Morgan fingerprint density at radius 3 is 1.88 bits per heavy atom. The summed E-state index contributed by atoms with van der Waals surface area (Å²) in [5.41, 5.74) is -0.521. The van der Waals surface area contributed by atoms with Gasteiger partial charge in [0.05, 0.1) is 13.2 Å². The molecule has 7 nitrogen and oxygen atoms in total. The molecule has 0 aliphatic carbocycles.